The molecule has 0 atom stereocenters. The van der Waals surface area contributed by atoms with E-state index in [1.165, 1.54) is 0 Å². The van der Waals surface area contributed by atoms with Crippen LogP contribution in [0.25, 0.3) is 0 Å². The van der Waals surface area contributed by atoms with Gasteiger partial charge in [-0.2, -0.15) is 0 Å². The molecule has 0 aliphatic rings. The molecular formula is C5H6O. The topological polar surface area (TPSA) is 20.2 Å². The molecule has 0 aromatic carbocycles. The summed E-state index contributed by atoms with van der Waals surface area (Å²) in [6, 6.07) is 0. The van der Waals surface area contributed by atoms with Crippen molar-refractivity contribution >= 4 is 0 Å². The van der Waals surface area contributed by atoms with Crippen LogP contribution in [0.15, 0.2) is 12.3 Å². The third kappa shape index (κ3) is 3.10. The minimum Gasteiger partial charge on any atom is -0.501 e. The van der Waals surface area contributed by atoms with Crippen LogP contribution >= 0.6 is 0 Å². The first-order valence-corrected chi connectivity index (χ1v) is 1.58. The quantitative estimate of drug-likeness (QED) is 0.342. The van der Waals surface area contributed by atoms with E-state index in [2.05, 4.69) is 18.4 Å². The molecule has 32 valence electrons. The van der Waals surface area contributed by atoms with Crippen LogP contribution < -0.4 is 0 Å². The molecule has 0 radical (unpaired) electrons. The Balaban J connectivity index is 3.50. The minimum absolute atomic E-state index is 0.0718. The van der Waals surface area contributed by atoms with E-state index in [-0.39, 0.29) is 5.76 Å². The zero-order chi connectivity index (χ0) is 4.99. The molecule has 0 aliphatic heterocycles. The molecule has 1 heteroatoms. The van der Waals surface area contributed by atoms with Crippen LogP contribution in [0.5, 0.6) is 0 Å². The van der Waals surface area contributed by atoms with Gasteiger partial charge >= 0.3 is 0 Å². The Bertz CT molecular complexity index is 103. The number of allylic oxidation sites excluding steroid dienone is 1. The molecule has 0 rings (SSSR count). The summed E-state index contributed by atoms with van der Waals surface area (Å²) in [7, 11) is 0. The first kappa shape index (κ1) is 5.10. The van der Waals surface area contributed by atoms with Gasteiger partial charge in [0.15, 0.2) is 5.76 Å². The zero-order valence-electron chi connectivity index (χ0n) is 3.65. The fourth-order valence-electron chi connectivity index (χ4n) is 0.144. The van der Waals surface area contributed by atoms with E-state index in [0.29, 0.717) is 0 Å². The van der Waals surface area contributed by atoms with Gasteiger partial charge in [-0.25, -0.2) is 0 Å². The standard InChI is InChI=1S/C5H6O/c1-3-4-5(2)6/h6H,2H2,1H3. The first-order chi connectivity index (χ1) is 2.77. The highest BCUT2D eigenvalue weighted by Gasteiger charge is 1.65. The van der Waals surface area contributed by atoms with Crippen LogP contribution in [-0.2, 0) is 0 Å². The van der Waals surface area contributed by atoms with Crippen molar-refractivity contribution in [3.8, 4) is 11.8 Å². The molecule has 0 aliphatic carbocycles. The number of aliphatic hydroxyl groups is 1. The molecule has 0 saturated heterocycles. The van der Waals surface area contributed by atoms with Crippen molar-refractivity contribution < 1.29 is 5.11 Å². The number of aliphatic hydroxyl groups excluding tert-OH is 1. The third-order valence-electron chi connectivity index (χ3n) is 0.269. The van der Waals surface area contributed by atoms with Gasteiger partial charge in [0.2, 0.25) is 0 Å². The second-order valence-electron chi connectivity index (χ2n) is 0.822. The molecule has 0 amide bonds. The molecule has 1 N–H and O–H groups in total. The summed E-state index contributed by atoms with van der Waals surface area (Å²) in [5.41, 5.74) is 0. The summed E-state index contributed by atoms with van der Waals surface area (Å²) in [4.78, 5) is 0. The van der Waals surface area contributed by atoms with Crippen molar-refractivity contribution in [2.24, 2.45) is 0 Å². The van der Waals surface area contributed by atoms with Gasteiger partial charge in [0, 0.05) is 0 Å². The van der Waals surface area contributed by atoms with E-state index >= 15 is 0 Å². The summed E-state index contributed by atoms with van der Waals surface area (Å²) < 4.78 is 0. The first-order valence-electron chi connectivity index (χ1n) is 1.58. The van der Waals surface area contributed by atoms with Gasteiger partial charge in [-0.05, 0) is 19.4 Å². The maximum Gasteiger partial charge on any atom is 0.159 e. The van der Waals surface area contributed by atoms with E-state index in [1.54, 1.807) is 6.92 Å². The van der Waals surface area contributed by atoms with Crippen LogP contribution in [0.4, 0.5) is 0 Å². The van der Waals surface area contributed by atoms with Crippen molar-refractivity contribution in [3.63, 3.8) is 0 Å². The Labute approximate surface area is 37.3 Å². The minimum atomic E-state index is -0.0718. The average molecular weight is 82.1 g/mol. The highest BCUT2D eigenvalue weighted by Crippen LogP contribution is 1.70. The summed E-state index contributed by atoms with van der Waals surface area (Å²) in [5, 5.41) is 8.18. The Hall–Kier alpha value is -0.900. The summed E-state index contributed by atoms with van der Waals surface area (Å²) in [6.45, 7) is 4.77. The second kappa shape index (κ2) is 2.34. The van der Waals surface area contributed by atoms with E-state index in [9.17, 15) is 0 Å². The van der Waals surface area contributed by atoms with Crippen LogP contribution in [0, 0.1) is 11.8 Å². The summed E-state index contributed by atoms with van der Waals surface area (Å²) in [5.74, 6) is 4.72. The maximum absolute atomic E-state index is 8.18. The lowest BCUT2D eigenvalue weighted by Crippen LogP contribution is -1.63. The smallest absolute Gasteiger partial charge is 0.159 e. The van der Waals surface area contributed by atoms with Gasteiger partial charge in [-0.15, -0.1) is 0 Å². The van der Waals surface area contributed by atoms with E-state index in [0.717, 1.165) is 0 Å². The molecule has 0 aromatic heterocycles. The molecule has 0 bridgehead atoms. The maximum atomic E-state index is 8.18. The fourth-order valence-corrected chi connectivity index (χ4v) is 0.144. The summed E-state index contributed by atoms with van der Waals surface area (Å²) in [6.07, 6.45) is 0. The van der Waals surface area contributed by atoms with Crippen LogP contribution in [0.2, 0.25) is 0 Å². The molecule has 0 aromatic rings. The number of rotatable bonds is 0. The summed E-state index contributed by atoms with van der Waals surface area (Å²) >= 11 is 0. The molecule has 0 heterocycles. The Morgan fingerprint density at radius 3 is 2.33 bits per heavy atom. The highest BCUT2D eigenvalue weighted by molar-refractivity contribution is 5.16. The van der Waals surface area contributed by atoms with Gasteiger partial charge in [-0.3, -0.25) is 0 Å². The van der Waals surface area contributed by atoms with E-state index in [4.69, 9.17) is 5.11 Å². The van der Waals surface area contributed by atoms with Crippen molar-refractivity contribution in [2.45, 2.75) is 6.92 Å². The van der Waals surface area contributed by atoms with Crippen LogP contribution in [0.3, 0.4) is 0 Å². The van der Waals surface area contributed by atoms with Gasteiger partial charge in [0.25, 0.3) is 0 Å². The molecule has 1 nitrogen and oxygen atoms in total. The van der Waals surface area contributed by atoms with Gasteiger partial charge in [-0.1, -0.05) is 5.92 Å². The monoisotopic (exact) mass is 82.0 g/mol. The predicted octanol–water partition coefficient (Wildman–Crippen LogP) is 1.08. The van der Waals surface area contributed by atoms with Gasteiger partial charge in [0.1, 0.15) is 0 Å². The van der Waals surface area contributed by atoms with Crippen molar-refractivity contribution in [3.05, 3.63) is 12.3 Å². The predicted molar refractivity (Wildman–Crippen MR) is 25.2 cm³/mol. The van der Waals surface area contributed by atoms with E-state index < -0.39 is 0 Å². The highest BCUT2D eigenvalue weighted by atomic mass is 16.3. The Morgan fingerprint density at radius 2 is 2.33 bits per heavy atom. The van der Waals surface area contributed by atoms with Crippen molar-refractivity contribution in [1.29, 1.82) is 0 Å². The lowest BCUT2D eigenvalue weighted by atomic mass is 10.5. The molecule has 0 unspecified atom stereocenters. The Kier molecular flexibility index (Phi) is 1.99. The largest absolute Gasteiger partial charge is 0.501 e. The van der Waals surface area contributed by atoms with Crippen LogP contribution in [0.1, 0.15) is 6.92 Å². The SMILES string of the molecule is C=C(O)C#CC. The van der Waals surface area contributed by atoms with E-state index in [1.807, 2.05) is 0 Å². The molecular weight excluding hydrogens is 76.1 g/mol. The number of hydrogen-bond donors (Lipinski definition) is 1. The molecule has 0 spiro atoms. The van der Waals surface area contributed by atoms with Crippen molar-refractivity contribution in [1.82, 2.24) is 0 Å². The molecule has 0 saturated carbocycles. The average Bonchev–Trinajstić information content (AvgIpc) is 1.35. The fraction of sp³-hybridized carbons (Fsp3) is 0.200. The molecule has 0 fully saturated rings. The number of hydrogen-bond acceptors (Lipinski definition) is 1. The Morgan fingerprint density at radius 1 is 1.83 bits per heavy atom. The zero-order valence-corrected chi connectivity index (χ0v) is 3.65. The van der Waals surface area contributed by atoms with Crippen LogP contribution in [-0.4, -0.2) is 5.11 Å². The molecule has 6 heavy (non-hydrogen) atoms. The van der Waals surface area contributed by atoms with Gasteiger partial charge < -0.3 is 5.11 Å². The lowest BCUT2D eigenvalue weighted by Gasteiger charge is -1.71. The van der Waals surface area contributed by atoms with Crippen molar-refractivity contribution in [2.75, 3.05) is 0 Å². The second-order valence-corrected chi connectivity index (χ2v) is 0.822. The lowest BCUT2D eigenvalue weighted by molar-refractivity contribution is 0.441. The van der Waals surface area contributed by atoms with Gasteiger partial charge in [0.05, 0.1) is 0 Å². The third-order valence-corrected chi connectivity index (χ3v) is 0.269. The normalized spacial score (nSPS) is 5.50.